The van der Waals surface area contributed by atoms with E-state index in [2.05, 4.69) is 67.6 Å². The van der Waals surface area contributed by atoms with Gasteiger partial charge in [0.2, 0.25) is 0 Å². The summed E-state index contributed by atoms with van der Waals surface area (Å²) >= 11 is -0.517. The monoisotopic (exact) mass is 474 g/mol. The van der Waals surface area contributed by atoms with Gasteiger partial charge in [-0.15, -0.1) is 0 Å². The molecule has 0 aliphatic rings. The molecule has 0 amide bonds. The van der Waals surface area contributed by atoms with E-state index in [1.54, 1.807) is 0 Å². The van der Waals surface area contributed by atoms with E-state index in [-0.39, 0.29) is 0 Å². The van der Waals surface area contributed by atoms with E-state index in [0.29, 0.717) is 6.42 Å². The second kappa shape index (κ2) is 16.9. The second-order valence-electron chi connectivity index (χ2n) is 6.83. The van der Waals surface area contributed by atoms with Gasteiger partial charge in [0.25, 0.3) is 0 Å². The SMILES string of the molecule is CCCCCCCCCCCC(=O)O.c1cc[c]([Sn][c]2ccccc2)cc1. The number of aliphatic carboxylic acids is 1. The number of benzene rings is 2. The molecular formula is C24H34O2Sn. The van der Waals surface area contributed by atoms with Crippen molar-refractivity contribution < 1.29 is 9.90 Å². The Hall–Kier alpha value is -1.29. The van der Waals surface area contributed by atoms with Gasteiger partial charge in [-0.2, -0.15) is 0 Å². The molecule has 146 valence electrons. The maximum atomic E-state index is 10.2. The Bertz CT molecular complexity index is 546. The van der Waals surface area contributed by atoms with E-state index in [9.17, 15) is 4.79 Å². The van der Waals surface area contributed by atoms with Crippen molar-refractivity contribution in [2.24, 2.45) is 0 Å². The number of rotatable bonds is 12. The Balaban J connectivity index is 0.000000270. The fourth-order valence-electron chi connectivity index (χ4n) is 2.80. The molecule has 27 heavy (non-hydrogen) atoms. The van der Waals surface area contributed by atoms with Gasteiger partial charge in [0.05, 0.1) is 0 Å². The van der Waals surface area contributed by atoms with Crippen LogP contribution in [0.15, 0.2) is 60.7 Å². The molecule has 2 aromatic carbocycles. The summed E-state index contributed by atoms with van der Waals surface area (Å²) in [6.07, 6.45) is 11.5. The van der Waals surface area contributed by atoms with Crippen LogP contribution in [0, 0.1) is 0 Å². The maximum absolute atomic E-state index is 10.2. The first-order valence-corrected chi connectivity index (χ1v) is 13.2. The van der Waals surface area contributed by atoms with Crippen LogP contribution in [-0.4, -0.2) is 32.2 Å². The van der Waals surface area contributed by atoms with Crippen LogP contribution in [0.25, 0.3) is 0 Å². The molecule has 0 bridgehead atoms. The quantitative estimate of drug-likeness (QED) is 0.334. The Morgan fingerprint density at radius 3 is 1.52 bits per heavy atom. The first kappa shape index (κ1) is 23.7. The topological polar surface area (TPSA) is 37.3 Å². The number of carbonyl (C=O) groups is 1. The van der Waals surface area contributed by atoms with Crippen LogP contribution in [0.2, 0.25) is 0 Å². The van der Waals surface area contributed by atoms with Crippen LogP contribution >= 0.6 is 0 Å². The van der Waals surface area contributed by atoms with Gasteiger partial charge in [-0.1, -0.05) is 58.3 Å². The number of unbranched alkanes of at least 4 members (excludes halogenated alkanes) is 8. The summed E-state index contributed by atoms with van der Waals surface area (Å²) < 4.78 is 3.08. The average Bonchev–Trinajstić information content (AvgIpc) is 2.69. The zero-order valence-corrected chi connectivity index (χ0v) is 19.6. The summed E-state index contributed by atoms with van der Waals surface area (Å²) in [6.45, 7) is 2.23. The van der Waals surface area contributed by atoms with Crippen molar-refractivity contribution in [1.82, 2.24) is 0 Å². The van der Waals surface area contributed by atoms with E-state index in [4.69, 9.17) is 5.11 Å². The Morgan fingerprint density at radius 1 is 0.704 bits per heavy atom. The molecule has 2 nitrogen and oxygen atoms in total. The van der Waals surface area contributed by atoms with Crippen LogP contribution in [-0.2, 0) is 4.79 Å². The minimum atomic E-state index is -0.659. The van der Waals surface area contributed by atoms with Crippen molar-refractivity contribution in [3.05, 3.63) is 60.7 Å². The van der Waals surface area contributed by atoms with Crippen molar-refractivity contribution in [2.45, 2.75) is 71.1 Å². The van der Waals surface area contributed by atoms with Crippen molar-refractivity contribution in [1.29, 1.82) is 0 Å². The van der Waals surface area contributed by atoms with Gasteiger partial charge in [-0.3, -0.25) is 4.79 Å². The van der Waals surface area contributed by atoms with Crippen LogP contribution in [0.5, 0.6) is 0 Å². The van der Waals surface area contributed by atoms with E-state index in [0.717, 1.165) is 12.8 Å². The summed E-state index contributed by atoms with van der Waals surface area (Å²) in [6, 6.07) is 21.6. The molecule has 2 radical (unpaired) electrons. The third kappa shape index (κ3) is 14.4. The molecule has 0 aliphatic heterocycles. The molecule has 0 saturated carbocycles. The molecule has 2 aromatic rings. The summed E-state index contributed by atoms with van der Waals surface area (Å²) in [4.78, 5) is 10.2. The first-order chi connectivity index (χ1) is 13.2. The van der Waals surface area contributed by atoms with Crippen LogP contribution in [0.4, 0.5) is 0 Å². The van der Waals surface area contributed by atoms with Gasteiger partial charge < -0.3 is 5.11 Å². The van der Waals surface area contributed by atoms with Crippen molar-refractivity contribution in [3.63, 3.8) is 0 Å². The number of carboxylic acids is 1. The molecule has 0 atom stereocenters. The number of carboxylic acid groups (broad SMARTS) is 1. The van der Waals surface area contributed by atoms with Crippen LogP contribution in [0.3, 0.4) is 0 Å². The number of hydrogen-bond acceptors (Lipinski definition) is 1. The molecule has 0 aromatic heterocycles. The standard InChI is InChI=1S/C12H24O2.2C6H5.Sn/c1-2-3-4-5-6-7-8-9-10-11-12(13)14;2*1-2-4-6-5-3-1;/h2-11H2,1H3,(H,13,14);2*1-5H;. The molecule has 3 heteroatoms. The number of hydrogen-bond donors (Lipinski definition) is 1. The van der Waals surface area contributed by atoms with E-state index in [1.807, 2.05) is 0 Å². The molecule has 0 fully saturated rings. The zero-order chi connectivity index (χ0) is 19.6. The van der Waals surface area contributed by atoms with Gasteiger partial charge in [-0.25, -0.2) is 0 Å². The molecule has 0 unspecified atom stereocenters. The molecule has 1 N–H and O–H groups in total. The average molecular weight is 473 g/mol. The third-order valence-corrected chi connectivity index (χ3v) is 7.88. The minimum absolute atomic E-state index is 0.343. The predicted octanol–water partition coefficient (Wildman–Crippen LogP) is 5.33. The molecule has 0 spiro atoms. The predicted molar refractivity (Wildman–Crippen MR) is 117 cm³/mol. The second-order valence-corrected chi connectivity index (χ2v) is 10.8. The van der Waals surface area contributed by atoms with Crippen molar-refractivity contribution >= 4 is 34.3 Å². The zero-order valence-electron chi connectivity index (χ0n) is 16.7. The Morgan fingerprint density at radius 2 is 1.11 bits per heavy atom. The van der Waals surface area contributed by atoms with Gasteiger partial charge in [-0.05, 0) is 6.42 Å². The molecule has 0 aliphatic carbocycles. The van der Waals surface area contributed by atoms with E-state index in [1.165, 1.54) is 52.1 Å². The van der Waals surface area contributed by atoms with Crippen molar-refractivity contribution in [3.8, 4) is 0 Å². The van der Waals surface area contributed by atoms with E-state index < -0.39 is 27.1 Å². The third-order valence-electron chi connectivity index (χ3n) is 4.33. The molecular weight excluding hydrogens is 439 g/mol. The van der Waals surface area contributed by atoms with Gasteiger partial charge in [0, 0.05) is 6.42 Å². The fraction of sp³-hybridized carbons (Fsp3) is 0.458. The van der Waals surface area contributed by atoms with Gasteiger partial charge in [0.15, 0.2) is 0 Å². The molecule has 2 rings (SSSR count). The Kier molecular flexibility index (Phi) is 14.8. The summed E-state index contributed by atoms with van der Waals surface area (Å²) in [7, 11) is 0. The van der Waals surface area contributed by atoms with Crippen LogP contribution < -0.4 is 7.16 Å². The summed E-state index contributed by atoms with van der Waals surface area (Å²) in [5, 5.41) is 8.41. The molecule has 0 saturated heterocycles. The summed E-state index contributed by atoms with van der Waals surface area (Å²) in [5.74, 6) is -0.659. The fourth-order valence-corrected chi connectivity index (χ4v) is 5.80. The summed E-state index contributed by atoms with van der Waals surface area (Å²) in [5.41, 5.74) is 0. The van der Waals surface area contributed by atoms with Gasteiger partial charge in [0.1, 0.15) is 0 Å². The first-order valence-electron chi connectivity index (χ1n) is 10.3. The van der Waals surface area contributed by atoms with Gasteiger partial charge >= 0.3 is 94.9 Å². The normalized spacial score (nSPS) is 10.1. The van der Waals surface area contributed by atoms with E-state index >= 15 is 0 Å². The molecule has 0 heterocycles. The Labute approximate surface area is 175 Å². The van der Waals surface area contributed by atoms with Crippen molar-refractivity contribution in [2.75, 3.05) is 0 Å². The van der Waals surface area contributed by atoms with Crippen LogP contribution in [0.1, 0.15) is 71.1 Å².